The van der Waals surface area contributed by atoms with Gasteiger partial charge in [0.05, 0.1) is 6.26 Å². The van der Waals surface area contributed by atoms with Crippen molar-refractivity contribution in [2.45, 2.75) is 18.9 Å². The largest absolute Gasteiger partial charge is 0.384 e. The smallest absolute Gasteiger partial charge is 0.208 e. The number of hydrogen-bond donors (Lipinski definition) is 2. The first-order chi connectivity index (χ1) is 7.77. The molecule has 17 heavy (non-hydrogen) atoms. The number of hydrogen-bond acceptors (Lipinski definition) is 3. The van der Waals surface area contributed by atoms with E-state index in [4.69, 9.17) is 0 Å². The fourth-order valence-electron chi connectivity index (χ4n) is 1.44. The summed E-state index contributed by atoms with van der Waals surface area (Å²) in [7, 11) is -3.30. The lowest BCUT2D eigenvalue weighted by atomic mass is 9.91. The van der Waals surface area contributed by atoms with E-state index >= 15 is 0 Å². The van der Waals surface area contributed by atoms with E-state index in [9.17, 15) is 13.5 Å². The van der Waals surface area contributed by atoms with Crippen LogP contribution in [0.3, 0.4) is 0 Å². The molecule has 0 aliphatic rings. The highest BCUT2D eigenvalue weighted by Crippen LogP contribution is 2.25. The lowest BCUT2D eigenvalue weighted by Gasteiger charge is -2.27. The van der Waals surface area contributed by atoms with Gasteiger partial charge in [0.25, 0.3) is 0 Å². The molecule has 96 valence electrons. The van der Waals surface area contributed by atoms with E-state index in [1.165, 1.54) is 0 Å². The van der Waals surface area contributed by atoms with Crippen molar-refractivity contribution in [3.8, 4) is 0 Å². The third-order valence-corrected chi connectivity index (χ3v) is 3.79. The maximum atomic E-state index is 11.0. The van der Waals surface area contributed by atoms with Crippen LogP contribution in [-0.2, 0) is 15.6 Å². The van der Waals surface area contributed by atoms with Gasteiger partial charge in [-0.15, -0.1) is 0 Å². The first kappa shape index (κ1) is 14.6. The molecule has 0 saturated carbocycles. The summed E-state index contributed by atoms with van der Waals surface area (Å²) in [4.78, 5) is 0. The second-order valence-corrected chi connectivity index (χ2v) is 6.73. The predicted molar refractivity (Wildman–Crippen MR) is 71.2 cm³/mol. The van der Waals surface area contributed by atoms with Crippen molar-refractivity contribution in [1.29, 1.82) is 0 Å². The van der Waals surface area contributed by atoms with Crippen molar-refractivity contribution in [2.75, 3.05) is 12.8 Å². The van der Waals surface area contributed by atoms with Gasteiger partial charge in [-0.25, -0.2) is 13.1 Å². The van der Waals surface area contributed by atoms with Crippen molar-refractivity contribution in [1.82, 2.24) is 4.72 Å². The van der Waals surface area contributed by atoms with E-state index in [1.807, 2.05) is 19.1 Å². The molecule has 0 aliphatic heterocycles. The average molecular weight is 322 g/mol. The normalized spacial score (nSPS) is 15.5. The Labute approximate surface area is 110 Å². The van der Waals surface area contributed by atoms with Crippen LogP contribution in [0.4, 0.5) is 0 Å². The van der Waals surface area contributed by atoms with E-state index in [0.717, 1.165) is 10.7 Å². The average Bonchev–Trinajstić information content (AvgIpc) is 2.26. The third kappa shape index (κ3) is 4.39. The van der Waals surface area contributed by atoms with Crippen LogP contribution in [0.15, 0.2) is 28.7 Å². The Morgan fingerprint density at radius 3 is 2.29 bits per heavy atom. The first-order valence-corrected chi connectivity index (χ1v) is 7.88. The minimum absolute atomic E-state index is 0.0238. The van der Waals surface area contributed by atoms with Gasteiger partial charge in [-0.1, -0.05) is 35.0 Å². The Morgan fingerprint density at radius 2 is 1.88 bits per heavy atom. The van der Waals surface area contributed by atoms with Crippen LogP contribution in [0.1, 0.15) is 18.9 Å². The van der Waals surface area contributed by atoms with Gasteiger partial charge in [0, 0.05) is 11.0 Å². The zero-order chi connectivity index (χ0) is 13.1. The van der Waals surface area contributed by atoms with Crippen LogP contribution in [0.2, 0.25) is 0 Å². The maximum absolute atomic E-state index is 11.0. The Morgan fingerprint density at radius 1 is 1.35 bits per heavy atom. The van der Waals surface area contributed by atoms with Crippen molar-refractivity contribution < 1.29 is 13.5 Å². The van der Waals surface area contributed by atoms with Crippen LogP contribution in [0.5, 0.6) is 0 Å². The van der Waals surface area contributed by atoms with Gasteiger partial charge in [0.1, 0.15) is 5.60 Å². The fourth-order valence-corrected chi connectivity index (χ4v) is 2.21. The van der Waals surface area contributed by atoms with Crippen molar-refractivity contribution in [3.63, 3.8) is 0 Å². The lowest BCUT2D eigenvalue weighted by Crippen LogP contribution is -2.39. The summed E-state index contributed by atoms with van der Waals surface area (Å²) in [5.41, 5.74) is -0.483. The van der Waals surface area contributed by atoms with Crippen LogP contribution in [0.25, 0.3) is 0 Å². The minimum Gasteiger partial charge on any atom is -0.384 e. The van der Waals surface area contributed by atoms with Gasteiger partial charge in [-0.05, 0) is 24.1 Å². The molecule has 0 spiro atoms. The number of benzene rings is 1. The highest BCUT2D eigenvalue weighted by Gasteiger charge is 2.28. The number of rotatable bonds is 5. The molecular weight excluding hydrogens is 306 g/mol. The maximum Gasteiger partial charge on any atom is 0.208 e. The monoisotopic (exact) mass is 321 g/mol. The molecule has 1 unspecified atom stereocenters. The van der Waals surface area contributed by atoms with Crippen LogP contribution < -0.4 is 4.72 Å². The Hall–Kier alpha value is -0.430. The number of halogens is 1. The first-order valence-electron chi connectivity index (χ1n) is 5.20. The third-order valence-electron chi connectivity index (χ3n) is 2.59. The summed E-state index contributed by atoms with van der Waals surface area (Å²) < 4.78 is 25.3. The summed E-state index contributed by atoms with van der Waals surface area (Å²) in [6.07, 6.45) is 1.50. The molecule has 6 heteroatoms. The van der Waals surface area contributed by atoms with E-state index < -0.39 is 15.6 Å². The second-order valence-electron chi connectivity index (χ2n) is 3.99. The van der Waals surface area contributed by atoms with Crippen LogP contribution in [0, 0.1) is 0 Å². The minimum atomic E-state index is -3.30. The molecule has 0 fully saturated rings. The summed E-state index contributed by atoms with van der Waals surface area (Å²) >= 11 is 3.31. The quantitative estimate of drug-likeness (QED) is 0.865. The van der Waals surface area contributed by atoms with Crippen molar-refractivity contribution in [2.24, 2.45) is 0 Å². The molecule has 0 heterocycles. The molecule has 1 rings (SSSR count). The van der Waals surface area contributed by atoms with Gasteiger partial charge in [-0.2, -0.15) is 0 Å². The molecule has 0 radical (unpaired) electrons. The highest BCUT2D eigenvalue weighted by molar-refractivity contribution is 9.10. The van der Waals surface area contributed by atoms with Crippen LogP contribution in [-0.4, -0.2) is 26.3 Å². The van der Waals surface area contributed by atoms with E-state index in [0.29, 0.717) is 12.0 Å². The van der Waals surface area contributed by atoms with Gasteiger partial charge in [-0.3, -0.25) is 0 Å². The van der Waals surface area contributed by atoms with E-state index in [-0.39, 0.29) is 6.54 Å². The predicted octanol–water partition coefficient (Wildman–Crippen LogP) is 1.60. The molecule has 1 aromatic rings. The van der Waals surface area contributed by atoms with Gasteiger partial charge >= 0.3 is 0 Å². The molecule has 1 aromatic carbocycles. The molecule has 0 bridgehead atoms. The standard InChI is InChI=1S/C11H16BrNO3S/c1-3-11(14,8-13-17(2,15)16)9-4-6-10(12)7-5-9/h4-7,13-14H,3,8H2,1-2H3. The van der Waals surface area contributed by atoms with Gasteiger partial charge in [0.15, 0.2) is 0 Å². The summed E-state index contributed by atoms with van der Waals surface area (Å²) in [5.74, 6) is 0. The van der Waals surface area contributed by atoms with E-state index in [1.54, 1.807) is 12.1 Å². The molecule has 1 atom stereocenters. The zero-order valence-electron chi connectivity index (χ0n) is 9.77. The molecular formula is C11H16BrNO3S. The summed E-state index contributed by atoms with van der Waals surface area (Å²) in [5, 5.41) is 10.4. The highest BCUT2D eigenvalue weighted by atomic mass is 79.9. The topological polar surface area (TPSA) is 66.4 Å². The SMILES string of the molecule is CCC(O)(CNS(C)(=O)=O)c1ccc(Br)cc1. The second kappa shape index (κ2) is 5.48. The molecule has 0 aromatic heterocycles. The molecule has 0 saturated heterocycles. The Kier molecular flexibility index (Phi) is 4.71. The number of nitrogens with one attached hydrogen (secondary N) is 1. The van der Waals surface area contributed by atoms with E-state index in [2.05, 4.69) is 20.7 Å². The number of sulfonamides is 1. The Balaban J connectivity index is 2.91. The zero-order valence-corrected chi connectivity index (χ0v) is 12.2. The molecule has 0 aliphatic carbocycles. The molecule has 4 nitrogen and oxygen atoms in total. The summed E-state index contributed by atoms with van der Waals surface area (Å²) in [6.45, 7) is 1.79. The summed E-state index contributed by atoms with van der Waals surface area (Å²) in [6, 6.07) is 7.18. The van der Waals surface area contributed by atoms with Crippen molar-refractivity contribution in [3.05, 3.63) is 34.3 Å². The van der Waals surface area contributed by atoms with Crippen molar-refractivity contribution >= 4 is 26.0 Å². The molecule has 2 N–H and O–H groups in total. The van der Waals surface area contributed by atoms with Gasteiger partial charge in [0.2, 0.25) is 10.0 Å². The Bertz CT molecular complexity index is 472. The molecule has 0 amide bonds. The number of aliphatic hydroxyl groups is 1. The fraction of sp³-hybridized carbons (Fsp3) is 0.455. The van der Waals surface area contributed by atoms with Crippen LogP contribution >= 0.6 is 15.9 Å². The van der Waals surface area contributed by atoms with Gasteiger partial charge < -0.3 is 5.11 Å². The lowest BCUT2D eigenvalue weighted by molar-refractivity contribution is 0.0380.